The van der Waals surface area contributed by atoms with E-state index in [1.165, 1.54) is 0 Å². The number of hydrogen-bond donors (Lipinski definition) is 2. The number of anilines is 3. The molecule has 8 heteroatoms. The molecule has 1 atom stereocenters. The van der Waals surface area contributed by atoms with Crippen molar-refractivity contribution in [1.82, 2.24) is 9.97 Å². The summed E-state index contributed by atoms with van der Waals surface area (Å²) < 4.78 is 11.0. The molecule has 1 fully saturated rings. The zero-order valence-corrected chi connectivity index (χ0v) is 19.9. The Morgan fingerprint density at radius 3 is 2.58 bits per heavy atom. The van der Waals surface area contributed by atoms with Crippen molar-refractivity contribution in [2.75, 3.05) is 36.6 Å². The zero-order chi connectivity index (χ0) is 23.6. The number of carboxylic acids is 1. The molecule has 0 bridgehead atoms. The fraction of sp³-hybridized carbons (Fsp3) is 0.560. The molecule has 1 aliphatic rings. The van der Waals surface area contributed by atoms with Gasteiger partial charge in [0.25, 0.3) is 0 Å². The maximum absolute atomic E-state index is 11.4. The molecular weight excluding hydrogens is 420 g/mol. The van der Waals surface area contributed by atoms with Gasteiger partial charge in [-0.3, -0.25) is 4.79 Å². The Kier molecular flexibility index (Phi) is 9.30. The minimum Gasteiger partial charge on any atom is -0.481 e. The fourth-order valence-electron chi connectivity index (χ4n) is 4.34. The van der Waals surface area contributed by atoms with Crippen LogP contribution in [0, 0.1) is 0 Å². The lowest BCUT2D eigenvalue weighted by Gasteiger charge is -2.37. The van der Waals surface area contributed by atoms with E-state index in [4.69, 9.17) is 9.47 Å². The summed E-state index contributed by atoms with van der Waals surface area (Å²) in [6.45, 7) is 9.11. The number of rotatable bonds is 12. The standard InChI is InChI=1S/C25H36N4O4/c1-4-11-29(21-9-12-32-13-10-21)23-8-7-19(18(5-2)15-24(30)31)14-22(23)28-20-16-26-25(27-17-20)33-6-3/h7-8,14,16-18,21,28H,4-6,9-13,15H2,1-3H3,(H,30,31). The van der Waals surface area contributed by atoms with Gasteiger partial charge in [-0.1, -0.05) is 19.9 Å². The van der Waals surface area contributed by atoms with Gasteiger partial charge in [0.1, 0.15) is 0 Å². The molecule has 33 heavy (non-hydrogen) atoms. The van der Waals surface area contributed by atoms with Crippen LogP contribution in [0.4, 0.5) is 17.1 Å². The first kappa shape index (κ1) is 24.8. The average molecular weight is 457 g/mol. The van der Waals surface area contributed by atoms with E-state index in [0.29, 0.717) is 18.7 Å². The van der Waals surface area contributed by atoms with Crippen LogP contribution in [-0.2, 0) is 9.53 Å². The zero-order valence-electron chi connectivity index (χ0n) is 19.9. The van der Waals surface area contributed by atoms with Crippen LogP contribution in [0.2, 0.25) is 0 Å². The highest BCUT2D eigenvalue weighted by atomic mass is 16.5. The summed E-state index contributed by atoms with van der Waals surface area (Å²) in [5, 5.41) is 12.9. The summed E-state index contributed by atoms with van der Waals surface area (Å²) in [4.78, 5) is 22.4. The van der Waals surface area contributed by atoms with Crippen molar-refractivity contribution in [3.05, 3.63) is 36.2 Å². The Morgan fingerprint density at radius 1 is 1.24 bits per heavy atom. The van der Waals surface area contributed by atoms with Crippen LogP contribution >= 0.6 is 0 Å². The van der Waals surface area contributed by atoms with Crippen LogP contribution in [0.15, 0.2) is 30.6 Å². The molecule has 1 aromatic heterocycles. The summed E-state index contributed by atoms with van der Waals surface area (Å²) in [6, 6.07) is 7.05. The summed E-state index contributed by atoms with van der Waals surface area (Å²) >= 11 is 0. The molecular formula is C25H36N4O4. The predicted octanol–water partition coefficient (Wildman–Crippen LogP) is 4.98. The van der Waals surface area contributed by atoms with Gasteiger partial charge in [0, 0.05) is 25.8 Å². The third-order valence-corrected chi connectivity index (χ3v) is 5.99. The topological polar surface area (TPSA) is 96.8 Å². The quantitative estimate of drug-likeness (QED) is 0.461. The molecule has 1 saturated heterocycles. The van der Waals surface area contributed by atoms with Gasteiger partial charge >= 0.3 is 12.0 Å². The van der Waals surface area contributed by atoms with Crippen molar-refractivity contribution in [2.24, 2.45) is 0 Å². The van der Waals surface area contributed by atoms with Crippen LogP contribution in [0.3, 0.4) is 0 Å². The first-order valence-electron chi connectivity index (χ1n) is 12.0. The molecule has 2 aromatic rings. The second-order valence-corrected chi connectivity index (χ2v) is 8.33. The lowest BCUT2D eigenvalue weighted by molar-refractivity contribution is -0.137. The normalized spacial score (nSPS) is 15.1. The van der Waals surface area contributed by atoms with Gasteiger partial charge in [-0.2, -0.15) is 0 Å². The number of aliphatic carboxylic acids is 1. The van der Waals surface area contributed by atoms with E-state index >= 15 is 0 Å². The lowest BCUT2D eigenvalue weighted by Crippen LogP contribution is -2.40. The van der Waals surface area contributed by atoms with Gasteiger partial charge in [0.15, 0.2) is 0 Å². The number of nitrogens with zero attached hydrogens (tertiary/aromatic N) is 3. The highest BCUT2D eigenvalue weighted by molar-refractivity contribution is 5.77. The van der Waals surface area contributed by atoms with Crippen molar-refractivity contribution in [1.29, 1.82) is 0 Å². The van der Waals surface area contributed by atoms with E-state index in [0.717, 1.165) is 68.1 Å². The number of carbonyl (C=O) groups is 1. The van der Waals surface area contributed by atoms with Crippen LogP contribution < -0.4 is 15.0 Å². The third kappa shape index (κ3) is 6.81. The van der Waals surface area contributed by atoms with E-state index in [2.05, 4.69) is 45.3 Å². The van der Waals surface area contributed by atoms with Crippen molar-refractivity contribution in [3.63, 3.8) is 0 Å². The van der Waals surface area contributed by atoms with Crippen LogP contribution in [0.1, 0.15) is 64.4 Å². The fourth-order valence-corrected chi connectivity index (χ4v) is 4.34. The van der Waals surface area contributed by atoms with E-state index in [-0.39, 0.29) is 12.3 Å². The molecule has 2 N–H and O–H groups in total. The van der Waals surface area contributed by atoms with Crippen LogP contribution in [-0.4, -0.2) is 53.5 Å². The molecule has 0 aliphatic carbocycles. The molecule has 0 amide bonds. The number of carboxylic acid groups (broad SMARTS) is 1. The molecule has 180 valence electrons. The molecule has 0 spiro atoms. The second kappa shape index (κ2) is 12.4. The molecule has 0 radical (unpaired) electrons. The number of aromatic nitrogens is 2. The Hall–Kier alpha value is -2.87. The van der Waals surface area contributed by atoms with E-state index in [1.807, 2.05) is 13.8 Å². The monoisotopic (exact) mass is 456 g/mol. The Balaban J connectivity index is 1.98. The SMILES string of the molecule is CCCN(c1ccc(C(CC)CC(=O)O)cc1Nc1cnc(OCC)nc1)C1CCOCC1. The molecule has 8 nitrogen and oxygen atoms in total. The minimum atomic E-state index is -0.782. The second-order valence-electron chi connectivity index (χ2n) is 8.33. The number of hydrogen-bond acceptors (Lipinski definition) is 7. The molecule has 1 aliphatic heterocycles. The van der Waals surface area contributed by atoms with Gasteiger partial charge in [-0.15, -0.1) is 0 Å². The smallest absolute Gasteiger partial charge is 0.316 e. The summed E-state index contributed by atoms with van der Waals surface area (Å²) in [6.07, 6.45) is 7.30. The molecule has 1 aromatic carbocycles. The average Bonchev–Trinajstić information content (AvgIpc) is 2.83. The van der Waals surface area contributed by atoms with Crippen molar-refractivity contribution in [3.8, 4) is 6.01 Å². The summed E-state index contributed by atoms with van der Waals surface area (Å²) in [5.74, 6) is -0.827. The lowest BCUT2D eigenvalue weighted by atomic mass is 9.92. The maximum Gasteiger partial charge on any atom is 0.316 e. The summed E-state index contributed by atoms with van der Waals surface area (Å²) in [7, 11) is 0. The van der Waals surface area contributed by atoms with E-state index < -0.39 is 5.97 Å². The van der Waals surface area contributed by atoms with Gasteiger partial charge in [-0.25, -0.2) is 9.97 Å². The Bertz CT molecular complexity index is 884. The number of nitrogens with one attached hydrogen (secondary N) is 1. The van der Waals surface area contributed by atoms with E-state index in [1.54, 1.807) is 12.4 Å². The highest BCUT2D eigenvalue weighted by Gasteiger charge is 2.24. The molecule has 2 heterocycles. The Morgan fingerprint density at radius 2 is 1.97 bits per heavy atom. The highest BCUT2D eigenvalue weighted by Crippen LogP contribution is 2.36. The van der Waals surface area contributed by atoms with Gasteiger partial charge in [0.05, 0.1) is 42.5 Å². The van der Waals surface area contributed by atoms with Crippen molar-refractivity contribution >= 4 is 23.0 Å². The van der Waals surface area contributed by atoms with Crippen molar-refractivity contribution < 1.29 is 19.4 Å². The molecule has 1 unspecified atom stereocenters. The number of ether oxygens (including phenoxy) is 2. The first-order chi connectivity index (χ1) is 16.0. The third-order valence-electron chi connectivity index (χ3n) is 5.99. The molecule has 3 rings (SSSR count). The molecule has 0 saturated carbocycles. The number of benzene rings is 1. The Labute approximate surface area is 196 Å². The van der Waals surface area contributed by atoms with Gasteiger partial charge in [0.2, 0.25) is 0 Å². The van der Waals surface area contributed by atoms with E-state index in [9.17, 15) is 9.90 Å². The van der Waals surface area contributed by atoms with Crippen LogP contribution in [0.5, 0.6) is 6.01 Å². The van der Waals surface area contributed by atoms with Gasteiger partial charge < -0.3 is 24.8 Å². The minimum absolute atomic E-state index is 0.0450. The van der Waals surface area contributed by atoms with Crippen LogP contribution in [0.25, 0.3) is 0 Å². The first-order valence-corrected chi connectivity index (χ1v) is 12.0. The maximum atomic E-state index is 11.4. The largest absolute Gasteiger partial charge is 0.481 e. The van der Waals surface area contributed by atoms with Gasteiger partial charge in [-0.05, 0) is 56.2 Å². The van der Waals surface area contributed by atoms with Crippen molar-refractivity contribution in [2.45, 2.75) is 64.8 Å². The summed E-state index contributed by atoms with van der Waals surface area (Å²) in [5.41, 5.74) is 3.81. The predicted molar refractivity (Wildman–Crippen MR) is 130 cm³/mol.